The first-order valence-corrected chi connectivity index (χ1v) is 13.2. The third-order valence-electron chi connectivity index (χ3n) is 5.24. The molecule has 2 unspecified atom stereocenters. The van der Waals surface area contributed by atoms with Gasteiger partial charge in [0.1, 0.15) is 24.6 Å². The summed E-state index contributed by atoms with van der Waals surface area (Å²) in [6.07, 6.45) is 1.34. The summed E-state index contributed by atoms with van der Waals surface area (Å²) in [7, 11) is 0. The molecule has 0 heterocycles. The van der Waals surface area contributed by atoms with E-state index in [0.717, 1.165) is 5.56 Å². The number of anilines is 1. The highest BCUT2D eigenvalue weighted by atomic mass is 35.5. The zero-order valence-corrected chi connectivity index (χ0v) is 23.3. The quantitative estimate of drug-likeness (QED) is 0.0969. The molecule has 0 aliphatic heterocycles. The molecular weight excluding hydrogens is 520 g/mol. The number of ether oxygens (including phenoxy) is 1. The fraction of sp³-hybridized carbons (Fsp3) is 0.560. The number of carbonyl (C=O) groups is 5. The lowest BCUT2D eigenvalue weighted by Gasteiger charge is -2.24. The molecule has 0 aliphatic carbocycles. The van der Waals surface area contributed by atoms with Crippen molar-refractivity contribution >= 4 is 59.5 Å². The van der Waals surface area contributed by atoms with Gasteiger partial charge in [-0.2, -0.15) is 12.6 Å². The van der Waals surface area contributed by atoms with E-state index in [9.17, 15) is 24.0 Å². The van der Waals surface area contributed by atoms with E-state index < -0.39 is 35.1 Å². The van der Waals surface area contributed by atoms with Crippen molar-refractivity contribution in [3.8, 4) is 0 Å². The van der Waals surface area contributed by atoms with Crippen molar-refractivity contribution in [2.24, 2.45) is 5.92 Å². The summed E-state index contributed by atoms with van der Waals surface area (Å²) in [6.45, 7) is 7.28. The Labute approximate surface area is 228 Å². The van der Waals surface area contributed by atoms with Crippen molar-refractivity contribution in [1.29, 1.82) is 0 Å². The number of hydrogen-bond donors (Lipinski definition) is 5. The van der Waals surface area contributed by atoms with Gasteiger partial charge in [0.25, 0.3) is 0 Å². The molecule has 0 spiro atoms. The summed E-state index contributed by atoms with van der Waals surface area (Å²) < 4.78 is 5.11. The van der Waals surface area contributed by atoms with Crippen molar-refractivity contribution in [3.63, 3.8) is 0 Å². The normalized spacial score (nSPS) is 13.2. The fourth-order valence-corrected chi connectivity index (χ4v) is 3.21. The van der Waals surface area contributed by atoms with Crippen LogP contribution in [0.5, 0.6) is 0 Å². The van der Waals surface area contributed by atoms with Crippen LogP contribution in [0, 0.1) is 5.92 Å². The molecule has 1 aromatic rings. The van der Waals surface area contributed by atoms with Gasteiger partial charge >= 0.3 is 5.97 Å². The molecular formula is C25H37ClN4O6S. The number of unbranched alkanes of at least 4 members (excludes halogenated alkanes) is 1. The van der Waals surface area contributed by atoms with Crippen molar-refractivity contribution in [2.45, 2.75) is 70.9 Å². The molecule has 1 aromatic carbocycles. The maximum atomic E-state index is 12.8. The second-order valence-electron chi connectivity index (χ2n) is 8.93. The van der Waals surface area contributed by atoms with Gasteiger partial charge in [0, 0.05) is 18.7 Å². The summed E-state index contributed by atoms with van der Waals surface area (Å²) >= 11 is 9.42. The molecule has 0 fully saturated rings. The van der Waals surface area contributed by atoms with Crippen LogP contribution in [0.4, 0.5) is 5.69 Å². The second kappa shape index (κ2) is 16.9. The molecule has 0 radical (unpaired) electrons. The predicted octanol–water partition coefficient (Wildman–Crippen LogP) is 2.16. The second-order valence-corrected chi connectivity index (χ2v) is 9.97. The van der Waals surface area contributed by atoms with Gasteiger partial charge in [-0.3, -0.25) is 24.0 Å². The number of hydrogen-bond acceptors (Lipinski definition) is 7. The summed E-state index contributed by atoms with van der Waals surface area (Å²) in [5.41, 5.74) is 1.26. The van der Waals surface area contributed by atoms with Gasteiger partial charge in [-0.05, 0) is 50.3 Å². The van der Waals surface area contributed by atoms with Crippen LogP contribution in [0.3, 0.4) is 0 Å². The van der Waals surface area contributed by atoms with Crippen LogP contribution < -0.4 is 21.3 Å². The van der Waals surface area contributed by atoms with Gasteiger partial charge in [0.2, 0.25) is 23.6 Å². The first kappa shape index (κ1) is 32.2. The Kier molecular flexibility index (Phi) is 14.7. The van der Waals surface area contributed by atoms with Gasteiger partial charge in [-0.15, -0.1) is 11.6 Å². The molecule has 0 bridgehead atoms. The lowest BCUT2D eigenvalue weighted by Crippen LogP contribution is -2.53. The molecule has 3 atom stereocenters. The first-order chi connectivity index (χ1) is 17.4. The Bertz CT molecular complexity index is 926. The van der Waals surface area contributed by atoms with E-state index in [0.29, 0.717) is 25.1 Å². The van der Waals surface area contributed by atoms with Crippen LogP contribution in [-0.2, 0) is 35.3 Å². The van der Waals surface area contributed by atoms with Crippen LogP contribution in [0.25, 0.3) is 0 Å². The number of thiol groups is 1. The van der Waals surface area contributed by atoms with Crippen molar-refractivity contribution in [3.05, 3.63) is 29.8 Å². The highest BCUT2D eigenvalue weighted by Gasteiger charge is 2.27. The number of alkyl halides is 1. The van der Waals surface area contributed by atoms with E-state index in [1.54, 1.807) is 52.0 Å². The molecule has 0 saturated carbocycles. The standard InChI is InChI=1S/C25H37ClN4O6S/c1-15(2)22(30-20(31)7-5-6-12-27-21(32)13-26)24(34)28-16(3)23(33)29-19-10-8-18(9-11-19)14-36-25(35)17(4)37/h8-11,15-17,22,37H,5-7,12-14H2,1-4H3,(H,27,32)(H,28,34)(H,29,33)(H,30,31)/t16-,17?,22?/m0/s1. The Morgan fingerprint density at radius 1 is 0.919 bits per heavy atom. The Balaban J connectivity index is 2.52. The minimum Gasteiger partial charge on any atom is -0.460 e. The molecule has 0 aromatic heterocycles. The smallest absolute Gasteiger partial charge is 0.318 e. The molecule has 10 nitrogen and oxygen atoms in total. The summed E-state index contributed by atoms with van der Waals surface area (Å²) in [5, 5.41) is 10.2. The number of esters is 1. The summed E-state index contributed by atoms with van der Waals surface area (Å²) in [6, 6.07) is 5.10. The number of amides is 4. The monoisotopic (exact) mass is 556 g/mol. The zero-order chi connectivity index (χ0) is 28.0. The minimum atomic E-state index is -0.853. The third-order valence-corrected chi connectivity index (χ3v) is 5.69. The molecule has 37 heavy (non-hydrogen) atoms. The van der Waals surface area contributed by atoms with E-state index >= 15 is 0 Å². The Hall–Kier alpha value is -2.79. The number of carbonyl (C=O) groups excluding carboxylic acids is 5. The maximum Gasteiger partial charge on any atom is 0.318 e. The third kappa shape index (κ3) is 12.8. The SMILES string of the molecule is CC(S)C(=O)OCc1ccc(NC(=O)[C@H](C)NC(=O)C(NC(=O)CCCCNC(=O)CCl)C(C)C)cc1. The average molecular weight is 557 g/mol. The molecule has 12 heteroatoms. The summed E-state index contributed by atoms with van der Waals surface area (Å²) in [5.74, 6) is -2.17. The minimum absolute atomic E-state index is 0.0946. The summed E-state index contributed by atoms with van der Waals surface area (Å²) in [4.78, 5) is 60.3. The fourth-order valence-electron chi connectivity index (χ4n) is 3.04. The van der Waals surface area contributed by atoms with Gasteiger partial charge in [0.05, 0.1) is 5.25 Å². The van der Waals surface area contributed by atoms with Gasteiger partial charge in [-0.1, -0.05) is 26.0 Å². The highest BCUT2D eigenvalue weighted by Crippen LogP contribution is 2.12. The van der Waals surface area contributed by atoms with Gasteiger partial charge in [-0.25, -0.2) is 0 Å². The molecule has 4 amide bonds. The van der Waals surface area contributed by atoms with Crippen molar-refractivity contribution in [2.75, 3.05) is 17.7 Å². The number of nitrogens with one attached hydrogen (secondary N) is 4. The Morgan fingerprint density at radius 3 is 2.14 bits per heavy atom. The van der Waals surface area contributed by atoms with Crippen LogP contribution in [-0.4, -0.2) is 59.4 Å². The van der Waals surface area contributed by atoms with E-state index in [1.165, 1.54) is 0 Å². The number of halogens is 1. The van der Waals surface area contributed by atoms with Crippen molar-refractivity contribution < 1.29 is 28.7 Å². The predicted molar refractivity (Wildman–Crippen MR) is 145 cm³/mol. The molecule has 4 N–H and O–H groups in total. The first-order valence-electron chi connectivity index (χ1n) is 12.1. The zero-order valence-electron chi connectivity index (χ0n) is 21.6. The molecule has 0 saturated heterocycles. The topological polar surface area (TPSA) is 143 Å². The lowest BCUT2D eigenvalue weighted by molar-refractivity contribution is -0.143. The van der Waals surface area contributed by atoms with Crippen molar-refractivity contribution in [1.82, 2.24) is 16.0 Å². The van der Waals surface area contributed by atoms with Crippen LogP contribution in [0.2, 0.25) is 0 Å². The van der Waals surface area contributed by atoms with E-state index in [4.69, 9.17) is 16.3 Å². The Morgan fingerprint density at radius 2 is 1.57 bits per heavy atom. The maximum absolute atomic E-state index is 12.8. The number of rotatable bonds is 15. The van der Waals surface area contributed by atoms with Gasteiger partial charge < -0.3 is 26.0 Å². The molecule has 0 aliphatic rings. The lowest BCUT2D eigenvalue weighted by atomic mass is 10.0. The average Bonchev–Trinajstić information content (AvgIpc) is 2.85. The van der Waals surface area contributed by atoms with E-state index in [2.05, 4.69) is 33.9 Å². The largest absolute Gasteiger partial charge is 0.460 e. The van der Waals surface area contributed by atoms with Crippen LogP contribution in [0.15, 0.2) is 24.3 Å². The molecule has 206 valence electrons. The van der Waals surface area contributed by atoms with E-state index in [-0.39, 0.29) is 36.6 Å². The van der Waals surface area contributed by atoms with Crippen LogP contribution >= 0.6 is 24.2 Å². The molecule has 1 rings (SSSR count). The number of benzene rings is 1. The van der Waals surface area contributed by atoms with E-state index in [1.807, 2.05) is 0 Å². The van der Waals surface area contributed by atoms with Gasteiger partial charge in [0.15, 0.2) is 0 Å². The highest BCUT2D eigenvalue weighted by molar-refractivity contribution is 7.81. The van der Waals surface area contributed by atoms with Crippen LogP contribution in [0.1, 0.15) is 52.5 Å².